The molecule has 6 heteroatoms. The molecule has 0 saturated heterocycles. The number of carbonyl (C=O) groups is 1. The maximum Gasteiger partial charge on any atom is 0.322 e. The molecule has 0 aromatic carbocycles. The SMILES string of the molecule is CCCCC1CCC(C(=O)Nc2nnc(-c3ccsc3)o2)CC1. The number of thiophene rings is 1. The summed E-state index contributed by atoms with van der Waals surface area (Å²) < 4.78 is 5.52. The number of amides is 1. The lowest BCUT2D eigenvalue weighted by Crippen LogP contribution is -2.27. The first-order valence-electron chi connectivity index (χ1n) is 8.43. The summed E-state index contributed by atoms with van der Waals surface area (Å²) in [7, 11) is 0. The molecule has 0 atom stereocenters. The van der Waals surface area contributed by atoms with Crippen molar-refractivity contribution in [3.05, 3.63) is 16.8 Å². The summed E-state index contributed by atoms with van der Waals surface area (Å²) in [6.07, 6.45) is 8.10. The molecule has 0 radical (unpaired) electrons. The van der Waals surface area contributed by atoms with E-state index in [9.17, 15) is 4.79 Å². The zero-order chi connectivity index (χ0) is 16.1. The summed E-state index contributed by atoms with van der Waals surface area (Å²) in [5, 5.41) is 14.6. The number of nitrogens with zero attached hydrogens (tertiary/aromatic N) is 2. The van der Waals surface area contributed by atoms with Crippen LogP contribution in [0.3, 0.4) is 0 Å². The molecular formula is C17H23N3O2S. The van der Waals surface area contributed by atoms with Gasteiger partial charge < -0.3 is 4.42 Å². The summed E-state index contributed by atoms with van der Waals surface area (Å²) in [5.74, 6) is 1.33. The summed E-state index contributed by atoms with van der Waals surface area (Å²) in [6.45, 7) is 2.23. The van der Waals surface area contributed by atoms with E-state index in [2.05, 4.69) is 22.4 Å². The number of aromatic nitrogens is 2. The smallest absolute Gasteiger partial charge is 0.322 e. The van der Waals surface area contributed by atoms with Gasteiger partial charge in [0.25, 0.3) is 5.89 Å². The Labute approximate surface area is 140 Å². The Hall–Kier alpha value is -1.69. The number of unbranched alkanes of at least 4 members (excludes halogenated alkanes) is 1. The second-order valence-electron chi connectivity index (χ2n) is 6.27. The van der Waals surface area contributed by atoms with Gasteiger partial charge in [0.05, 0.1) is 0 Å². The Morgan fingerprint density at radius 3 is 2.87 bits per heavy atom. The summed E-state index contributed by atoms with van der Waals surface area (Å²) in [5.41, 5.74) is 0.888. The third-order valence-electron chi connectivity index (χ3n) is 4.61. The van der Waals surface area contributed by atoms with Gasteiger partial charge >= 0.3 is 6.01 Å². The van der Waals surface area contributed by atoms with E-state index < -0.39 is 0 Å². The van der Waals surface area contributed by atoms with Crippen LogP contribution in [0.15, 0.2) is 21.2 Å². The Morgan fingerprint density at radius 2 is 2.17 bits per heavy atom. The Bertz CT molecular complexity index is 616. The molecule has 23 heavy (non-hydrogen) atoms. The van der Waals surface area contributed by atoms with Crippen LogP contribution in [0.25, 0.3) is 11.5 Å². The zero-order valence-electron chi connectivity index (χ0n) is 13.5. The molecule has 124 valence electrons. The molecule has 1 saturated carbocycles. The van der Waals surface area contributed by atoms with Gasteiger partial charge in [0.15, 0.2) is 0 Å². The topological polar surface area (TPSA) is 68.0 Å². The fourth-order valence-electron chi connectivity index (χ4n) is 3.19. The van der Waals surface area contributed by atoms with Gasteiger partial charge in [-0.15, -0.1) is 5.10 Å². The fourth-order valence-corrected chi connectivity index (χ4v) is 3.82. The molecule has 1 aliphatic rings. The zero-order valence-corrected chi connectivity index (χ0v) is 14.3. The molecule has 2 aromatic heterocycles. The maximum absolute atomic E-state index is 12.3. The average molecular weight is 333 g/mol. The van der Waals surface area contributed by atoms with E-state index >= 15 is 0 Å². The van der Waals surface area contributed by atoms with Crippen LogP contribution < -0.4 is 5.32 Å². The molecule has 1 amide bonds. The van der Waals surface area contributed by atoms with Gasteiger partial charge in [-0.2, -0.15) is 11.3 Å². The quantitative estimate of drug-likeness (QED) is 0.829. The molecule has 0 unspecified atom stereocenters. The molecule has 5 nitrogen and oxygen atoms in total. The Kier molecular flexibility index (Phi) is 5.43. The van der Waals surface area contributed by atoms with E-state index in [4.69, 9.17) is 4.42 Å². The first-order valence-corrected chi connectivity index (χ1v) is 9.37. The third kappa shape index (κ3) is 4.19. The lowest BCUT2D eigenvalue weighted by Gasteiger charge is -2.27. The third-order valence-corrected chi connectivity index (χ3v) is 5.29. The van der Waals surface area contributed by atoms with Crippen molar-refractivity contribution < 1.29 is 9.21 Å². The van der Waals surface area contributed by atoms with E-state index in [1.54, 1.807) is 11.3 Å². The molecular weight excluding hydrogens is 310 g/mol. The van der Waals surface area contributed by atoms with Crippen molar-refractivity contribution in [2.24, 2.45) is 11.8 Å². The van der Waals surface area contributed by atoms with Crippen molar-refractivity contribution in [2.45, 2.75) is 51.9 Å². The van der Waals surface area contributed by atoms with Crippen molar-refractivity contribution in [3.63, 3.8) is 0 Å². The largest absolute Gasteiger partial charge is 0.403 e. The van der Waals surface area contributed by atoms with Crippen LogP contribution in [-0.4, -0.2) is 16.1 Å². The standard InChI is InChI=1S/C17H23N3O2S/c1-2-3-4-12-5-7-13(8-6-12)15(21)18-17-20-19-16(22-17)14-9-10-23-11-14/h9-13H,2-8H2,1H3,(H,18,20,21). The molecule has 1 N–H and O–H groups in total. The van der Waals surface area contributed by atoms with Gasteiger partial charge in [0.2, 0.25) is 5.91 Å². The predicted molar refractivity (Wildman–Crippen MR) is 91.2 cm³/mol. The second-order valence-corrected chi connectivity index (χ2v) is 7.05. The van der Waals surface area contributed by atoms with Gasteiger partial charge in [-0.3, -0.25) is 10.1 Å². The summed E-state index contributed by atoms with van der Waals surface area (Å²) in [6, 6.07) is 2.12. The molecule has 2 aromatic rings. The summed E-state index contributed by atoms with van der Waals surface area (Å²) in [4.78, 5) is 12.3. The molecule has 1 fully saturated rings. The van der Waals surface area contributed by atoms with Crippen molar-refractivity contribution in [1.82, 2.24) is 10.2 Å². The van der Waals surface area contributed by atoms with Crippen LogP contribution in [0.5, 0.6) is 0 Å². The van der Waals surface area contributed by atoms with Crippen molar-refractivity contribution >= 4 is 23.3 Å². The predicted octanol–water partition coefficient (Wildman–Crippen LogP) is 4.73. The van der Waals surface area contributed by atoms with Crippen LogP contribution in [0, 0.1) is 11.8 Å². The Morgan fingerprint density at radius 1 is 1.35 bits per heavy atom. The van der Waals surface area contributed by atoms with Gasteiger partial charge in [0, 0.05) is 16.9 Å². The lowest BCUT2D eigenvalue weighted by molar-refractivity contribution is -0.121. The van der Waals surface area contributed by atoms with Gasteiger partial charge in [0.1, 0.15) is 0 Å². The van der Waals surface area contributed by atoms with E-state index in [1.807, 2.05) is 16.8 Å². The number of anilines is 1. The van der Waals surface area contributed by atoms with Crippen molar-refractivity contribution in [2.75, 3.05) is 5.32 Å². The number of nitrogens with one attached hydrogen (secondary N) is 1. The van der Waals surface area contributed by atoms with E-state index in [0.29, 0.717) is 5.89 Å². The first-order chi connectivity index (χ1) is 11.3. The fraction of sp³-hybridized carbons (Fsp3) is 0.588. The highest BCUT2D eigenvalue weighted by Gasteiger charge is 2.27. The molecule has 1 aliphatic carbocycles. The second kappa shape index (κ2) is 7.73. The number of carbonyl (C=O) groups excluding carboxylic acids is 1. The highest BCUT2D eigenvalue weighted by molar-refractivity contribution is 7.08. The van der Waals surface area contributed by atoms with Crippen LogP contribution in [0.2, 0.25) is 0 Å². The minimum Gasteiger partial charge on any atom is -0.403 e. The molecule has 0 bridgehead atoms. The van der Waals surface area contributed by atoms with Crippen LogP contribution in [-0.2, 0) is 4.79 Å². The van der Waals surface area contributed by atoms with E-state index in [1.165, 1.54) is 19.3 Å². The highest BCUT2D eigenvalue weighted by atomic mass is 32.1. The lowest BCUT2D eigenvalue weighted by atomic mass is 9.79. The monoisotopic (exact) mass is 333 g/mol. The van der Waals surface area contributed by atoms with E-state index in [-0.39, 0.29) is 17.8 Å². The maximum atomic E-state index is 12.3. The van der Waals surface area contributed by atoms with Crippen LogP contribution in [0.4, 0.5) is 6.01 Å². The summed E-state index contributed by atoms with van der Waals surface area (Å²) >= 11 is 1.57. The number of rotatable bonds is 6. The number of hydrogen-bond donors (Lipinski definition) is 1. The van der Waals surface area contributed by atoms with Crippen LogP contribution >= 0.6 is 11.3 Å². The number of hydrogen-bond acceptors (Lipinski definition) is 5. The first kappa shape index (κ1) is 16.2. The van der Waals surface area contributed by atoms with Gasteiger partial charge in [-0.25, -0.2) is 0 Å². The van der Waals surface area contributed by atoms with E-state index in [0.717, 1.165) is 37.2 Å². The van der Waals surface area contributed by atoms with Crippen molar-refractivity contribution in [3.8, 4) is 11.5 Å². The molecule has 0 spiro atoms. The van der Waals surface area contributed by atoms with Crippen LogP contribution in [0.1, 0.15) is 51.9 Å². The minimum absolute atomic E-state index is 0.0134. The highest BCUT2D eigenvalue weighted by Crippen LogP contribution is 2.32. The molecule has 2 heterocycles. The van der Waals surface area contributed by atoms with Gasteiger partial charge in [-0.1, -0.05) is 31.3 Å². The normalized spacial score (nSPS) is 21.3. The molecule has 0 aliphatic heterocycles. The van der Waals surface area contributed by atoms with Gasteiger partial charge in [-0.05, 0) is 43.0 Å². The molecule has 3 rings (SSSR count). The Balaban J connectivity index is 1.50. The average Bonchev–Trinajstić information content (AvgIpc) is 3.24. The van der Waals surface area contributed by atoms with Crippen molar-refractivity contribution in [1.29, 1.82) is 0 Å². The minimum atomic E-state index is 0.0134.